The van der Waals surface area contributed by atoms with Crippen molar-refractivity contribution in [3.8, 4) is 11.6 Å². The third kappa shape index (κ3) is 6.90. The molecule has 1 aliphatic rings. The highest BCUT2D eigenvalue weighted by Gasteiger charge is 2.47. The summed E-state index contributed by atoms with van der Waals surface area (Å²) in [5.41, 5.74) is -1.90. The van der Waals surface area contributed by atoms with E-state index in [1.54, 1.807) is 0 Å². The van der Waals surface area contributed by atoms with Crippen molar-refractivity contribution >= 4 is 6.16 Å². The molecule has 218 valence electrons. The quantitative estimate of drug-likeness (QED) is 0.306. The lowest BCUT2D eigenvalue weighted by molar-refractivity contribution is -0.278. The summed E-state index contributed by atoms with van der Waals surface area (Å²) in [6, 6.07) is 2.82. The van der Waals surface area contributed by atoms with Crippen LogP contribution < -0.4 is 9.47 Å². The van der Waals surface area contributed by atoms with Crippen LogP contribution in [0.1, 0.15) is 43.6 Å². The van der Waals surface area contributed by atoms with E-state index in [0.717, 1.165) is 6.07 Å². The number of alkyl halides is 3. The largest absolute Gasteiger partial charge is 0.508 e. The Balaban J connectivity index is 1.99. The van der Waals surface area contributed by atoms with E-state index < -0.39 is 85.1 Å². The SMILES string of the molecule is CCOC(=O)OC[C@H]1O[C@@H](Oc2nn(C(C)C)c(C(F)(F)F)c2Cc2ccc(OC)cc2F)[C@H](O)[C@@H](O)[C@@H]1O. The van der Waals surface area contributed by atoms with Gasteiger partial charge in [0.2, 0.25) is 12.2 Å². The number of methoxy groups -OCH3 is 1. The van der Waals surface area contributed by atoms with Crippen molar-refractivity contribution in [2.24, 2.45) is 0 Å². The number of nitrogens with zero attached hydrogens (tertiary/aromatic N) is 2. The number of benzene rings is 1. The first kappa shape index (κ1) is 30.4. The number of ether oxygens (including phenoxy) is 5. The van der Waals surface area contributed by atoms with Gasteiger partial charge in [0.05, 0.1) is 19.3 Å². The van der Waals surface area contributed by atoms with Crippen LogP contribution in [0, 0.1) is 5.82 Å². The first-order valence-electron chi connectivity index (χ1n) is 11.9. The van der Waals surface area contributed by atoms with Crippen LogP contribution >= 0.6 is 0 Å². The zero-order valence-electron chi connectivity index (χ0n) is 21.5. The minimum Gasteiger partial charge on any atom is -0.497 e. The molecule has 0 spiro atoms. The molecule has 1 aromatic carbocycles. The van der Waals surface area contributed by atoms with Crippen LogP contribution in [0.5, 0.6) is 11.6 Å². The van der Waals surface area contributed by atoms with E-state index in [9.17, 15) is 37.7 Å². The number of halogens is 4. The Morgan fingerprint density at radius 1 is 1.15 bits per heavy atom. The Kier molecular flexibility index (Phi) is 9.64. The molecular formula is C24H30F4N2O9. The van der Waals surface area contributed by atoms with Gasteiger partial charge in [-0.1, -0.05) is 6.07 Å². The smallest absolute Gasteiger partial charge is 0.497 e. The van der Waals surface area contributed by atoms with Crippen LogP contribution in [0.2, 0.25) is 0 Å². The van der Waals surface area contributed by atoms with E-state index in [1.807, 2.05) is 0 Å². The van der Waals surface area contributed by atoms with Gasteiger partial charge in [0, 0.05) is 18.5 Å². The average Bonchev–Trinajstić information content (AvgIpc) is 3.23. The van der Waals surface area contributed by atoms with Crippen molar-refractivity contribution in [3.63, 3.8) is 0 Å². The summed E-state index contributed by atoms with van der Waals surface area (Å²) < 4.78 is 83.4. The van der Waals surface area contributed by atoms with Gasteiger partial charge in [-0.2, -0.15) is 13.2 Å². The van der Waals surface area contributed by atoms with Gasteiger partial charge in [0.1, 0.15) is 48.3 Å². The minimum absolute atomic E-state index is 0.00238. The summed E-state index contributed by atoms with van der Waals surface area (Å²) in [6.45, 7) is 3.77. The maximum absolute atomic E-state index is 14.7. The molecule has 1 fully saturated rings. The molecule has 3 rings (SSSR count). The second-order valence-corrected chi connectivity index (χ2v) is 8.93. The molecule has 0 unspecified atom stereocenters. The van der Waals surface area contributed by atoms with Crippen molar-refractivity contribution in [2.45, 2.75) is 70.1 Å². The van der Waals surface area contributed by atoms with Crippen molar-refractivity contribution < 1.29 is 61.4 Å². The molecule has 15 heteroatoms. The van der Waals surface area contributed by atoms with E-state index >= 15 is 0 Å². The topological polar surface area (TPSA) is 142 Å². The third-order valence-corrected chi connectivity index (χ3v) is 5.88. The Labute approximate surface area is 220 Å². The van der Waals surface area contributed by atoms with Crippen molar-refractivity contribution in [2.75, 3.05) is 20.3 Å². The number of aliphatic hydroxyl groups excluding tert-OH is 3. The summed E-state index contributed by atoms with van der Waals surface area (Å²) in [4.78, 5) is 11.5. The number of carbonyl (C=O) groups excluding carboxylic acids is 1. The number of aromatic nitrogens is 2. The van der Waals surface area contributed by atoms with Crippen LogP contribution in [-0.4, -0.2) is 82.3 Å². The van der Waals surface area contributed by atoms with Gasteiger partial charge in [-0.15, -0.1) is 5.10 Å². The van der Waals surface area contributed by atoms with Crippen LogP contribution in [0.4, 0.5) is 22.4 Å². The van der Waals surface area contributed by atoms with Crippen LogP contribution in [0.25, 0.3) is 0 Å². The summed E-state index contributed by atoms with van der Waals surface area (Å²) in [5.74, 6) is -1.33. The first-order chi connectivity index (χ1) is 18.3. The maximum Gasteiger partial charge on any atom is 0.508 e. The molecule has 2 heterocycles. The van der Waals surface area contributed by atoms with Crippen molar-refractivity contribution in [3.05, 3.63) is 40.8 Å². The van der Waals surface area contributed by atoms with Gasteiger partial charge in [0.15, 0.2) is 0 Å². The number of hydrogen-bond acceptors (Lipinski definition) is 10. The molecule has 3 N–H and O–H groups in total. The van der Waals surface area contributed by atoms with Gasteiger partial charge in [0.25, 0.3) is 0 Å². The number of aliphatic hydroxyl groups is 3. The number of carbonyl (C=O) groups is 1. The molecular weight excluding hydrogens is 536 g/mol. The van der Waals surface area contributed by atoms with Crippen LogP contribution in [0.3, 0.4) is 0 Å². The maximum atomic E-state index is 14.7. The molecule has 1 aromatic heterocycles. The monoisotopic (exact) mass is 566 g/mol. The third-order valence-electron chi connectivity index (χ3n) is 5.88. The molecule has 0 saturated carbocycles. The minimum atomic E-state index is -4.94. The van der Waals surface area contributed by atoms with Gasteiger partial charge < -0.3 is 39.0 Å². The normalized spacial score (nSPS) is 23.5. The van der Waals surface area contributed by atoms with Gasteiger partial charge in [-0.25, -0.2) is 9.18 Å². The Morgan fingerprint density at radius 3 is 2.41 bits per heavy atom. The van der Waals surface area contributed by atoms with E-state index in [2.05, 4.69) is 9.84 Å². The lowest BCUT2D eigenvalue weighted by Crippen LogP contribution is -2.60. The predicted molar refractivity (Wildman–Crippen MR) is 124 cm³/mol. The van der Waals surface area contributed by atoms with E-state index in [-0.39, 0.29) is 17.9 Å². The lowest BCUT2D eigenvalue weighted by atomic mass is 9.99. The molecule has 0 amide bonds. The number of hydrogen-bond donors (Lipinski definition) is 3. The Bertz CT molecular complexity index is 1140. The van der Waals surface area contributed by atoms with Crippen LogP contribution in [0.15, 0.2) is 18.2 Å². The summed E-state index contributed by atoms with van der Waals surface area (Å²) in [7, 11) is 1.31. The molecule has 1 aliphatic heterocycles. The summed E-state index contributed by atoms with van der Waals surface area (Å²) in [5, 5.41) is 34.9. The summed E-state index contributed by atoms with van der Waals surface area (Å²) in [6.07, 6.45) is -15.5. The Morgan fingerprint density at radius 2 is 1.85 bits per heavy atom. The van der Waals surface area contributed by atoms with E-state index in [0.29, 0.717) is 4.68 Å². The van der Waals surface area contributed by atoms with Crippen molar-refractivity contribution in [1.29, 1.82) is 0 Å². The molecule has 2 aromatic rings. The lowest BCUT2D eigenvalue weighted by Gasteiger charge is -2.39. The van der Waals surface area contributed by atoms with E-state index in [1.165, 1.54) is 40.0 Å². The molecule has 0 aliphatic carbocycles. The molecule has 39 heavy (non-hydrogen) atoms. The highest BCUT2D eigenvalue weighted by molar-refractivity contribution is 5.59. The molecule has 5 atom stereocenters. The second kappa shape index (κ2) is 12.4. The molecule has 11 nitrogen and oxygen atoms in total. The predicted octanol–water partition coefficient (Wildman–Crippen LogP) is 2.58. The fourth-order valence-electron chi connectivity index (χ4n) is 3.94. The highest BCUT2D eigenvalue weighted by Crippen LogP contribution is 2.40. The summed E-state index contributed by atoms with van der Waals surface area (Å²) >= 11 is 0. The van der Waals surface area contributed by atoms with Gasteiger partial charge in [-0.05, 0) is 32.4 Å². The molecule has 0 bridgehead atoms. The van der Waals surface area contributed by atoms with Gasteiger partial charge in [-0.3, -0.25) is 4.68 Å². The first-order valence-corrected chi connectivity index (χ1v) is 11.9. The number of rotatable bonds is 9. The Hall–Kier alpha value is -3.14. The second-order valence-electron chi connectivity index (χ2n) is 8.93. The average molecular weight is 567 g/mol. The zero-order valence-corrected chi connectivity index (χ0v) is 21.5. The standard InChI is InChI=1S/C24H30F4N2O9/c1-5-36-23(34)37-10-16-17(31)18(32)19(33)22(38-16)39-21-14(8-12-6-7-13(35-4)9-15(12)25)20(24(26,27)28)30(29-21)11(2)3/h6-7,9,11,16-19,22,31-33H,5,8,10H2,1-4H3/t16-,17-,18+,19-,22+/m1/s1. The van der Waals surface area contributed by atoms with Gasteiger partial charge >= 0.3 is 12.3 Å². The zero-order chi connectivity index (χ0) is 29.1. The van der Waals surface area contributed by atoms with E-state index in [4.69, 9.17) is 18.9 Å². The highest BCUT2D eigenvalue weighted by atomic mass is 19.4. The molecule has 1 saturated heterocycles. The fourth-order valence-corrected chi connectivity index (χ4v) is 3.94. The van der Waals surface area contributed by atoms with Crippen molar-refractivity contribution in [1.82, 2.24) is 9.78 Å². The fraction of sp³-hybridized carbons (Fsp3) is 0.583. The van der Waals surface area contributed by atoms with Crippen LogP contribution in [-0.2, 0) is 26.8 Å². The molecule has 0 radical (unpaired) electrons.